The van der Waals surface area contributed by atoms with Gasteiger partial charge in [-0.05, 0) is 57.9 Å². The molecule has 0 unspecified atom stereocenters. The van der Waals surface area contributed by atoms with Gasteiger partial charge in [0.1, 0.15) is 11.9 Å². The molecule has 0 aliphatic carbocycles. The first-order chi connectivity index (χ1) is 15.2. The summed E-state index contributed by atoms with van der Waals surface area (Å²) < 4.78 is 67.5. The van der Waals surface area contributed by atoms with E-state index >= 15 is 0 Å². The Hall–Kier alpha value is -2.84. The van der Waals surface area contributed by atoms with E-state index in [1.165, 1.54) is 0 Å². The molecular weight excluding hydrogens is 457 g/mol. The first kappa shape index (κ1) is 24.8. The summed E-state index contributed by atoms with van der Waals surface area (Å²) in [6.07, 6.45) is -2.54. The molecule has 0 bridgehead atoms. The summed E-state index contributed by atoms with van der Waals surface area (Å²) in [6.45, 7) is 5.82. The van der Waals surface area contributed by atoms with E-state index in [2.05, 4.69) is 5.32 Å². The van der Waals surface area contributed by atoms with Gasteiger partial charge >= 0.3 is 6.18 Å². The van der Waals surface area contributed by atoms with Crippen molar-refractivity contribution in [1.82, 2.24) is 8.87 Å². The van der Waals surface area contributed by atoms with Crippen LogP contribution in [0.4, 0.5) is 19.0 Å². The molecule has 0 radical (unpaired) electrons. The monoisotopic (exact) mass is 482 g/mol. The van der Waals surface area contributed by atoms with E-state index in [1.807, 2.05) is 26.8 Å². The second-order valence-corrected chi connectivity index (χ2v) is 10.9. The van der Waals surface area contributed by atoms with Crippen LogP contribution in [0.3, 0.4) is 0 Å². The Kier molecular flexibility index (Phi) is 6.64. The fraction of sp³-hybridized carbons (Fsp3) is 0.455. The molecule has 11 heteroatoms. The smallest absolute Gasteiger partial charge is 0.328 e. The number of carbonyl (C=O) groups is 1. The van der Waals surface area contributed by atoms with Crippen LogP contribution in [0.1, 0.15) is 44.7 Å². The number of halogens is 3. The predicted octanol–water partition coefficient (Wildman–Crippen LogP) is 4.17. The van der Waals surface area contributed by atoms with Gasteiger partial charge in [-0.3, -0.25) is 4.79 Å². The maximum absolute atomic E-state index is 13.0. The van der Waals surface area contributed by atoms with Crippen LogP contribution >= 0.6 is 0 Å². The van der Waals surface area contributed by atoms with Crippen LogP contribution in [0.5, 0.6) is 0 Å². The second kappa shape index (κ2) is 8.83. The van der Waals surface area contributed by atoms with E-state index in [9.17, 15) is 31.6 Å². The molecule has 1 fully saturated rings. The van der Waals surface area contributed by atoms with Gasteiger partial charge in [-0.1, -0.05) is 6.07 Å². The number of rotatable bonds is 4. The maximum atomic E-state index is 13.0. The summed E-state index contributed by atoms with van der Waals surface area (Å²) >= 11 is 0. The average Bonchev–Trinajstić information content (AvgIpc) is 3.17. The summed E-state index contributed by atoms with van der Waals surface area (Å²) in [7, 11) is -4.12. The molecule has 1 aromatic heterocycles. The molecule has 178 valence electrons. The number of benzene rings is 1. The molecule has 0 spiro atoms. The lowest BCUT2D eigenvalue weighted by molar-refractivity contribution is -0.137. The van der Waals surface area contributed by atoms with E-state index in [1.54, 1.807) is 16.8 Å². The normalized spacial score (nSPS) is 16.4. The van der Waals surface area contributed by atoms with Gasteiger partial charge in [0, 0.05) is 30.7 Å². The van der Waals surface area contributed by atoms with Gasteiger partial charge in [-0.15, -0.1) is 0 Å². The number of hydrogen-bond acceptors (Lipinski definition) is 4. The molecule has 0 atom stereocenters. The first-order valence-electron chi connectivity index (χ1n) is 10.3. The van der Waals surface area contributed by atoms with E-state index in [4.69, 9.17) is 0 Å². The fourth-order valence-electron chi connectivity index (χ4n) is 3.74. The number of sulfonamides is 1. The van der Waals surface area contributed by atoms with Crippen molar-refractivity contribution in [2.45, 2.75) is 50.2 Å². The van der Waals surface area contributed by atoms with Crippen LogP contribution in [0.15, 0.2) is 41.4 Å². The Morgan fingerprint density at radius 2 is 1.79 bits per heavy atom. The summed E-state index contributed by atoms with van der Waals surface area (Å²) in [5.41, 5.74) is -1.00. The summed E-state index contributed by atoms with van der Waals surface area (Å²) in [6, 6.07) is 7.28. The lowest BCUT2D eigenvalue weighted by atomic mass is 9.97. The van der Waals surface area contributed by atoms with Crippen LogP contribution in [-0.2, 0) is 26.5 Å². The number of nitrogens with zero attached hydrogens (tertiary/aromatic N) is 3. The van der Waals surface area contributed by atoms with E-state index < -0.39 is 32.6 Å². The van der Waals surface area contributed by atoms with Gasteiger partial charge < -0.3 is 9.88 Å². The third-order valence-electron chi connectivity index (χ3n) is 5.55. The van der Waals surface area contributed by atoms with Crippen LogP contribution in [0.25, 0.3) is 0 Å². The highest BCUT2D eigenvalue weighted by atomic mass is 32.2. The number of amides is 1. The van der Waals surface area contributed by atoms with Crippen molar-refractivity contribution in [2.24, 2.45) is 5.92 Å². The number of anilines is 1. The van der Waals surface area contributed by atoms with Gasteiger partial charge in [0.25, 0.3) is 0 Å². The number of nitriles is 1. The van der Waals surface area contributed by atoms with Crippen molar-refractivity contribution < 1.29 is 26.4 Å². The SMILES string of the molecule is CC(C)(C)n1cc(C#N)cc1NC(=O)C1CCN(S(=O)(=O)c2cccc(C(F)(F)F)c2)CC1. The molecule has 33 heavy (non-hydrogen) atoms. The van der Waals surface area contributed by atoms with Gasteiger partial charge in [-0.2, -0.15) is 22.7 Å². The number of nitrogens with one attached hydrogen (secondary N) is 1. The van der Waals surface area contributed by atoms with Crippen LogP contribution in [-0.4, -0.2) is 36.3 Å². The maximum Gasteiger partial charge on any atom is 0.416 e. The molecule has 1 saturated heterocycles. The minimum absolute atomic E-state index is 0.0143. The number of hydrogen-bond donors (Lipinski definition) is 1. The molecule has 3 rings (SSSR count). The van der Waals surface area contributed by atoms with Crippen molar-refractivity contribution in [2.75, 3.05) is 18.4 Å². The Balaban J connectivity index is 1.70. The van der Waals surface area contributed by atoms with Gasteiger partial charge in [0.2, 0.25) is 15.9 Å². The summed E-state index contributed by atoms with van der Waals surface area (Å²) in [4.78, 5) is 12.4. The molecule has 1 aliphatic rings. The quantitative estimate of drug-likeness (QED) is 0.708. The molecular formula is C22H25F3N4O3S. The Morgan fingerprint density at radius 1 is 1.15 bits per heavy atom. The van der Waals surface area contributed by atoms with E-state index in [0.29, 0.717) is 17.4 Å². The third kappa shape index (κ3) is 5.39. The topological polar surface area (TPSA) is 95.2 Å². The number of carbonyl (C=O) groups excluding carboxylic acids is 1. The van der Waals surface area contributed by atoms with Crippen LogP contribution < -0.4 is 5.32 Å². The third-order valence-corrected chi connectivity index (χ3v) is 7.44. The highest BCUT2D eigenvalue weighted by molar-refractivity contribution is 7.89. The lowest BCUT2D eigenvalue weighted by Gasteiger charge is -2.31. The second-order valence-electron chi connectivity index (χ2n) is 8.96. The molecule has 1 aromatic carbocycles. The Morgan fingerprint density at radius 3 is 2.33 bits per heavy atom. The van der Waals surface area contributed by atoms with Gasteiger partial charge in [0.15, 0.2) is 0 Å². The highest BCUT2D eigenvalue weighted by Crippen LogP contribution is 2.32. The molecule has 1 amide bonds. The molecule has 2 heterocycles. The Labute approximate surface area is 190 Å². The minimum Gasteiger partial charge on any atom is -0.328 e. The zero-order valence-electron chi connectivity index (χ0n) is 18.5. The van der Waals surface area contributed by atoms with Crippen molar-refractivity contribution in [3.63, 3.8) is 0 Å². The van der Waals surface area contributed by atoms with Crippen molar-refractivity contribution in [3.05, 3.63) is 47.7 Å². The predicted molar refractivity (Wildman–Crippen MR) is 116 cm³/mol. The molecule has 2 aromatic rings. The van der Waals surface area contributed by atoms with Crippen molar-refractivity contribution in [1.29, 1.82) is 5.26 Å². The fourth-order valence-corrected chi connectivity index (χ4v) is 5.26. The largest absolute Gasteiger partial charge is 0.416 e. The number of aromatic nitrogens is 1. The first-order valence-corrected chi connectivity index (χ1v) is 11.8. The standard InChI is InChI=1S/C22H25F3N4O3S/c1-21(2,3)29-14-15(13-26)11-19(29)27-20(30)16-7-9-28(10-8-16)33(31,32)18-6-4-5-17(12-18)22(23,24)25/h4-6,11-12,14,16H,7-10H2,1-3H3,(H,27,30). The zero-order valence-corrected chi connectivity index (χ0v) is 19.3. The molecule has 1 N–H and O–H groups in total. The highest BCUT2D eigenvalue weighted by Gasteiger charge is 2.35. The van der Waals surface area contributed by atoms with Crippen molar-refractivity contribution >= 4 is 21.7 Å². The average molecular weight is 483 g/mol. The Bertz CT molecular complexity index is 1180. The molecule has 0 saturated carbocycles. The van der Waals surface area contributed by atoms with Gasteiger partial charge in [-0.25, -0.2) is 8.42 Å². The van der Waals surface area contributed by atoms with E-state index in [0.717, 1.165) is 22.5 Å². The molecule has 1 aliphatic heterocycles. The van der Waals surface area contributed by atoms with Crippen LogP contribution in [0.2, 0.25) is 0 Å². The lowest BCUT2D eigenvalue weighted by Crippen LogP contribution is -2.41. The minimum atomic E-state index is -4.65. The van der Waals surface area contributed by atoms with Crippen molar-refractivity contribution in [3.8, 4) is 6.07 Å². The molecule has 7 nitrogen and oxygen atoms in total. The summed E-state index contributed by atoms with van der Waals surface area (Å²) in [5, 5.41) is 12.0. The zero-order chi connectivity index (χ0) is 24.6. The van der Waals surface area contributed by atoms with Gasteiger partial charge in [0.05, 0.1) is 16.0 Å². The summed E-state index contributed by atoms with van der Waals surface area (Å²) in [5.74, 6) is -0.283. The number of piperidine rings is 1. The van der Waals surface area contributed by atoms with E-state index in [-0.39, 0.29) is 37.4 Å². The van der Waals surface area contributed by atoms with Crippen LogP contribution in [0, 0.1) is 17.2 Å². The number of alkyl halides is 3.